The molecule has 3 rings (SSSR count). The summed E-state index contributed by atoms with van der Waals surface area (Å²) in [4.78, 5) is 6.70. The predicted octanol–water partition coefficient (Wildman–Crippen LogP) is 1.99. The zero-order valence-corrected chi connectivity index (χ0v) is 10.5. The Morgan fingerprint density at radius 2 is 2.00 bits per heavy atom. The minimum atomic E-state index is 0.476. The number of piperidine rings is 1. The fourth-order valence-corrected chi connectivity index (χ4v) is 2.63. The van der Waals surface area contributed by atoms with E-state index in [1.807, 2.05) is 12.1 Å². The summed E-state index contributed by atoms with van der Waals surface area (Å²) in [5.74, 6) is 0. The average Bonchev–Trinajstić information content (AvgIpc) is 3.25. The molecule has 2 heterocycles. The summed E-state index contributed by atoms with van der Waals surface area (Å²) in [6.45, 7) is 2.43. The Kier molecular flexibility index (Phi) is 3.16. The molecular weight excluding hydrogens is 224 g/mol. The summed E-state index contributed by atoms with van der Waals surface area (Å²) < 4.78 is 0. The van der Waals surface area contributed by atoms with Crippen molar-refractivity contribution in [2.45, 2.75) is 37.8 Å². The number of nitriles is 1. The van der Waals surface area contributed by atoms with Gasteiger partial charge in [-0.15, -0.1) is 0 Å². The van der Waals surface area contributed by atoms with E-state index in [4.69, 9.17) is 5.26 Å². The van der Waals surface area contributed by atoms with Gasteiger partial charge in [-0.1, -0.05) is 0 Å². The third-order valence-electron chi connectivity index (χ3n) is 3.84. The van der Waals surface area contributed by atoms with Gasteiger partial charge >= 0.3 is 0 Å². The zero-order chi connectivity index (χ0) is 12.4. The molecule has 0 atom stereocenters. The largest absolute Gasteiger partial charge is 0.381 e. The van der Waals surface area contributed by atoms with Gasteiger partial charge < -0.3 is 10.2 Å². The van der Waals surface area contributed by atoms with Crippen molar-refractivity contribution in [3.63, 3.8) is 0 Å². The summed E-state index contributed by atoms with van der Waals surface area (Å²) in [7, 11) is 0. The number of aromatic nitrogens is 1. The first-order valence-electron chi connectivity index (χ1n) is 6.72. The second-order valence-electron chi connectivity index (χ2n) is 5.23. The number of hydrogen-bond donors (Lipinski definition) is 1. The van der Waals surface area contributed by atoms with Crippen LogP contribution in [0, 0.1) is 11.3 Å². The maximum absolute atomic E-state index is 8.70. The maximum atomic E-state index is 8.70. The van der Waals surface area contributed by atoms with E-state index in [9.17, 15) is 0 Å². The first-order chi connectivity index (χ1) is 8.85. The number of nitrogens with zero attached hydrogens (tertiary/aromatic N) is 3. The molecule has 0 radical (unpaired) electrons. The van der Waals surface area contributed by atoms with Crippen LogP contribution in [0.2, 0.25) is 0 Å². The van der Waals surface area contributed by atoms with Gasteiger partial charge in [0.25, 0.3) is 0 Å². The van der Waals surface area contributed by atoms with Gasteiger partial charge in [0, 0.05) is 25.2 Å². The topological polar surface area (TPSA) is 52.0 Å². The SMILES string of the molecule is N#Cc1ccc(NC2CCN(C3CC3)CC2)cn1. The van der Waals surface area contributed by atoms with E-state index in [0.717, 1.165) is 11.7 Å². The summed E-state index contributed by atoms with van der Waals surface area (Å²) in [5.41, 5.74) is 1.50. The quantitative estimate of drug-likeness (QED) is 0.880. The third-order valence-corrected chi connectivity index (χ3v) is 3.84. The average molecular weight is 242 g/mol. The Morgan fingerprint density at radius 3 is 2.56 bits per heavy atom. The van der Waals surface area contributed by atoms with Gasteiger partial charge in [0.05, 0.1) is 11.9 Å². The lowest BCUT2D eigenvalue weighted by atomic mass is 10.0. The van der Waals surface area contributed by atoms with Gasteiger partial charge in [0.15, 0.2) is 0 Å². The van der Waals surface area contributed by atoms with Crippen LogP contribution in [0.15, 0.2) is 18.3 Å². The summed E-state index contributed by atoms with van der Waals surface area (Å²) in [6.07, 6.45) is 6.97. The molecule has 1 N–H and O–H groups in total. The molecule has 1 aliphatic carbocycles. The van der Waals surface area contributed by atoms with Crippen molar-refractivity contribution in [3.8, 4) is 6.07 Å². The Labute approximate surface area is 108 Å². The van der Waals surface area contributed by atoms with E-state index < -0.39 is 0 Å². The highest BCUT2D eigenvalue weighted by atomic mass is 15.2. The minimum Gasteiger partial charge on any atom is -0.381 e. The van der Waals surface area contributed by atoms with E-state index in [2.05, 4.69) is 15.2 Å². The Hall–Kier alpha value is -1.60. The first kappa shape index (κ1) is 11.5. The fraction of sp³-hybridized carbons (Fsp3) is 0.571. The standard InChI is InChI=1S/C14H18N4/c15-9-12-1-2-13(10-16-12)17-11-5-7-18(8-6-11)14-3-4-14/h1-2,10-11,14,17H,3-8H2. The molecule has 2 aliphatic rings. The van der Waals surface area contributed by atoms with Gasteiger partial charge in [-0.05, 0) is 37.8 Å². The van der Waals surface area contributed by atoms with Crippen LogP contribution >= 0.6 is 0 Å². The van der Waals surface area contributed by atoms with Gasteiger partial charge in [-0.2, -0.15) is 5.26 Å². The third kappa shape index (κ3) is 2.62. The van der Waals surface area contributed by atoms with Crippen molar-refractivity contribution in [1.29, 1.82) is 5.26 Å². The van der Waals surface area contributed by atoms with Gasteiger partial charge in [0.1, 0.15) is 11.8 Å². The van der Waals surface area contributed by atoms with Crippen LogP contribution < -0.4 is 5.32 Å². The summed E-state index contributed by atoms with van der Waals surface area (Å²) >= 11 is 0. The highest BCUT2D eigenvalue weighted by Crippen LogP contribution is 2.29. The normalized spacial score (nSPS) is 21.5. The number of nitrogens with one attached hydrogen (secondary N) is 1. The van der Waals surface area contributed by atoms with E-state index in [0.29, 0.717) is 11.7 Å². The van der Waals surface area contributed by atoms with Crippen LogP contribution in [0.5, 0.6) is 0 Å². The molecule has 0 bridgehead atoms. The lowest BCUT2D eigenvalue weighted by molar-refractivity contribution is 0.210. The molecule has 4 heteroatoms. The molecule has 0 amide bonds. The van der Waals surface area contributed by atoms with Crippen LogP contribution in [0.3, 0.4) is 0 Å². The van der Waals surface area contributed by atoms with Gasteiger partial charge in [-0.3, -0.25) is 0 Å². The number of rotatable bonds is 3. The molecule has 18 heavy (non-hydrogen) atoms. The second kappa shape index (κ2) is 4.95. The lowest BCUT2D eigenvalue weighted by Crippen LogP contribution is -2.40. The van der Waals surface area contributed by atoms with Crippen molar-refractivity contribution in [2.75, 3.05) is 18.4 Å². The van der Waals surface area contributed by atoms with E-state index in [1.54, 1.807) is 12.3 Å². The zero-order valence-electron chi connectivity index (χ0n) is 10.5. The van der Waals surface area contributed by atoms with Crippen LogP contribution in [-0.4, -0.2) is 35.1 Å². The van der Waals surface area contributed by atoms with Gasteiger partial charge in [-0.25, -0.2) is 4.98 Å². The number of hydrogen-bond acceptors (Lipinski definition) is 4. The van der Waals surface area contributed by atoms with E-state index >= 15 is 0 Å². The van der Waals surface area contributed by atoms with Crippen LogP contribution in [-0.2, 0) is 0 Å². The molecule has 2 fully saturated rings. The highest BCUT2D eigenvalue weighted by molar-refractivity contribution is 5.43. The molecular formula is C14H18N4. The maximum Gasteiger partial charge on any atom is 0.140 e. The molecule has 0 aromatic carbocycles. The monoisotopic (exact) mass is 242 g/mol. The van der Waals surface area contributed by atoms with E-state index in [-0.39, 0.29) is 0 Å². The number of anilines is 1. The predicted molar refractivity (Wildman–Crippen MR) is 70.2 cm³/mol. The Morgan fingerprint density at radius 1 is 1.22 bits per heavy atom. The smallest absolute Gasteiger partial charge is 0.140 e. The highest BCUT2D eigenvalue weighted by Gasteiger charge is 2.31. The van der Waals surface area contributed by atoms with Crippen molar-refractivity contribution in [2.24, 2.45) is 0 Å². The summed E-state index contributed by atoms with van der Waals surface area (Å²) in [5, 5.41) is 12.2. The second-order valence-corrected chi connectivity index (χ2v) is 5.23. The van der Waals surface area contributed by atoms with Crippen molar-refractivity contribution in [1.82, 2.24) is 9.88 Å². The van der Waals surface area contributed by atoms with Crippen LogP contribution in [0.25, 0.3) is 0 Å². The van der Waals surface area contributed by atoms with Crippen molar-refractivity contribution in [3.05, 3.63) is 24.0 Å². The van der Waals surface area contributed by atoms with Crippen molar-refractivity contribution >= 4 is 5.69 Å². The molecule has 4 nitrogen and oxygen atoms in total. The molecule has 94 valence electrons. The van der Waals surface area contributed by atoms with Crippen LogP contribution in [0.4, 0.5) is 5.69 Å². The molecule has 0 spiro atoms. The van der Waals surface area contributed by atoms with Crippen LogP contribution in [0.1, 0.15) is 31.4 Å². The molecule has 1 saturated heterocycles. The van der Waals surface area contributed by atoms with Crippen molar-refractivity contribution < 1.29 is 0 Å². The molecule has 0 unspecified atom stereocenters. The first-order valence-corrected chi connectivity index (χ1v) is 6.72. The lowest BCUT2D eigenvalue weighted by Gasteiger charge is -2.32. The molecule has 1 aliphatic heterocycles. The molecule has 1 aromatic heterocycles. The van der Waals surface area contributed by atoms with E-state index in [1.165, 1.54) is 38.8 Å². The minimum absolute atomic E-state index is 0.476. The summed E-state index contributed by atoms with van der Waals surface area (Å²) in [6, 6.07) is 7.19. The molecule has 1 aromatic rings. The fourth-order valence-electron chi connectivity index (χ4n) is 2.63. The van der Waals surface area contributed by atoms with Gasteiger partial charge in [0.2, 0.25) is 0 Å². The Balaban J connectivity index is 1.52. The Bertz CT molecular complexity index is 436. The number of likely N-dealkylation sites (tertiary alicyclic amines) is 1. The molecule has 1 saturated carbocycles. The number of pyridine rings is 1.